The topological polar surface area (TPSA) is 76.1 Å². The number of carbonyl (C=O) groups is 1. The summed E-state index contributed by atoms with van der Waals surface area (Å²) in [7, 11) is 1.57. The number of benzene rings is 2. The summed E-state index contributed by atoms with van der Waals surface area (Å²) in [5.41, 5.74) is 3.97. The van der Waals surface area contributed by atoms with Gasteiger partial charge >= 0.3 is 0 Å². The maximum atomic E-state index is 12.7. The lowest BCUT2D eigenvalue weighted by Gasteiger charge is -2.14. The minimum Gasteiger partial charge on any atom is -0.495 e. The molecule has 3 aromatic rings. The number of rotatable bonds is 6. The van der Waals surface area contributed by atoms with Gasteiger partial charge in [-0.05, 0) is 48.2 Å². The number of hydrogen-bond acceptors (Lipinski definition) is 5. The fraction of sp³-hybridized carbons (Fsp3) is 0.227. The summed E-state index contributed by atoms with van der Waals surface area (Å²) in [5.74, 6) is 0.990. The standard InChI is InChI=1S/C22H24N4O2/c1-14(2)16-7-5-6-8-17(16)25-22-23-12-11-18(26-22)21(27)24-19-13-15(3)9-10-20(19)28-4/h5-14H,1-4H3,(H,24,27)(H,23,25,26). The van der Waals surface area contributed by atoms with Gasteiger partial charge in [0, 0.05) is 11.9 Å². The molecule has 1 heterocycles. The molecule has 3 rings (SSSR count). The number of aromatic nitrogens is 2. The Morgan fingerprint density at radius 1 is 1.07 bits per heavy atom. The van der Waals surface area contributed by atoms with Gasteiger partial charge in [-0.25, -0.2) is 9.97 Å². The second kappa shape index (κ2) is 8.52. The Kier molecular flexibility index (Phi) is 5.89. The van der Waals surface area contributed by atoms with Crippen LogP contribution in [0.5, 0.6) is 5.75 Å². The van der Waals surface area contributed by atoms with Crippen molar-refractivity contribution in [2.24, 2.45) is 0 Å². The summed E-state index contributed by atoms with van der Waals surface area (Å²) < 4.78 is 5.32. The second-order valence-electron chi connectivity index (χ2n) is 6.79. The summed E-state index contributed by atoms with van der Waals surface area (Å²) in [6, 6.07) is 15.2. The van der Waals surface area contributed by atoms with Crippen LogP contribution in [-0.2, 0) is 0 Å². The molecule has 0 fully saturated rings. The lowest BCUT2D eigenvalue weighted by atomic mass is 10.0. The van der Waals surface area contributed by atoms with Gasteiger partial charge < -0.3 is 15.4 Å². The van der Waals surface area contributed by atoms with E-state index in [1.165, 1.54) is 0 Å². The van der Waals surface area contributed by atoms with Crippen LogP contribution in [0.2, 0.25) is 0 Å². The number of carbonyl (C=O) groups excluding carboxylic acids is 1. The molecular formula is C22H24N4O2. The SMILES string of the molecule is COc1ccc(C)cc1NC(=O)c1ccnc(Nc2ccccc2C(C)C)n1. The van der Waals surface area contributed by atoms with Gasteiger partial charge in [0.25, 0.3) is 5.91 Å². The fourth-order valence-corrected chi connectivity index (χ4v) is 2.89. The molecule has 2 N–H and O–H groups in total. The summed E-state index contributed by atoms with van der Waals surface area (Å²) in [6.45, 7) is 6.20. The highest BCUT2D eigenvalue weighted by Gasteiger charge is 2.13. The Morgan fingerprint density at radius 2 is 1.86 bits per heavy atom. The van der Waals surface area contributed by atoms with Gasteiger partial charge in [0.15, 0.2) is 0 Å². The number of aryl methyl sites for hydroxylation is 1. The van der Waals surface area contributed by atoms with Gasteiger partial charge in [-0.1, -0.05) is 38.1 Å². The van der Waals surface area contributed by atoms with Gasteiger partial charge in [-0.2, -0.15) is 0 Å². The van der Waals surface area contributed by atoms with E-state index in [1.54, 1.807) is 19.4 Å². The minimum atomic E-state index is -0.327. The highest BCUT2D eigenvalue weighted by atomic mass is 16.5. The van der Waals surface area contributed by atoms with Crippen LogP contribution < -0.4 is 15.4 Å². The fourth-order valence-electron chi connectivity index (χ4n) is 2.89. The molecular weight excluding hydrogens is 352 g/mol. The number of amides is 1. The molecule has 144 valence electrons. The quantitative estimate of drug-likeness (QED) is 0.639. The van der Waals surface area contributed by atoms with Crippen molar-refractivity contribution in [1.82, 2.24) is 9.97 Å². The third-order valence-corrected chi connectivity index (χ3v) is 4.32. The van der Waals surface area contributed by atoms with Crippen molar-refractivity contribution in [3.63, 3.8) is 0 Å². The molecule has 6 nitrogen and oxygen atoms in total. The molecule has 0 bridgehead atoms. The monoisotopic (exact) mass is 376 g/mol. The van der Waals surface area contributed by atoms with Gasteiger partial charge in [0.2, 0.25) is 5.95 Å². The first-order valence-corrected chi connectivity index (χ1v) is 9.13. The highest BCUT2D eigenvalue weighted by molar-refractivity contribution is 6.03. The van der Waals surface area contributed by atoms with Gasteiger partial charge in [0.05, 0.1) is 12.8 Å². The van der Waals surface area contributed by atoms with E-state index in [1.807, 2.05) is 43.3 Å². The number of nitrogens with zero attached hydrogens (tertiary/aromatic N) is 2. The number of nitrogens with one attached hydrogen (secondary N) is 2. The first-order chi connectivity index (χ1) is 13.5. The minimum absolute atomic E-state index is 0.267. The molecule has 28 heavy (non-hydrogen) atoms. The molecule has 0 atom stereocenters. The number of para-hydroxylation sites is 1. The zero-order valence-corrected chi connectivity index (χ0v) is 16.5. The van der Waals surface area contributed by atoms with Gasteiger partial charge in [0.1, 0.15) is 11.4 Å². The Labute approximate surface area is 165 Å². The van der Waals surface area contributed by atoms with E-state index in [2.05, 4.69) is 40.5 Å². The second-order valence-corrected chi connectivity index (χ2v) is 6.79. The molecule has 0 unspecified atom stereocenters. The molecule has 0 aliphatic carbocycles. The van der Waals surface area contributed by atoms with Crippen LogP contribution in [0.4, 0.5) is 17.3 Å². The van der Waals surface area contributed by atoms with Crippen molar-refractivity contribution in [1.29, 1.82) is 0 Å². The van der Waals surface area contributed by atoms with Gasteiger partial charge in [-0.15, -0.1) is 0 Å². The van der Waals surface area contributed by atoms with Crippen LogP contribution in [0.15, 0.2) is 54.7 Å². The first-order valence-electron chi connectivity index (χ1n) is 9.13. The maximum Gasteiger partial charge on any atom is 0.274 e. The molecule has 0 saturated heterocycles. The third-order valence-electron chi connectivity index (χ3n) is 4.32. The molecule has 1 aromatic heterocycles. The van der Waals surface area contributed by atoms with Crippen molar-refractivity contribution >= 4 is 23.2 Å². The first kappa shape index (κ1) is 19.4. The van der Waals surface area contributed by atoms with E-state index >= 15 is 0 Å². The van der Waals surface area contributed by atoms with Gasteiger partial charge in [-0.3, -0.25) is 4.79 Å². The molecule has 1 amide bonds. The molecule has 0 radical (unpaired) electrons. The average molecular weight is 376 g/mol. The molecule has 0 spiro atoms. The van der Waals surface area contributed by atoms with Crippen molar-refractivity contribution in [2.75, 3.05) is 17.7 Å². The molecule has 6 heteroatoms. The number of ether oxygens (including phenoxy) is 1. The van der Waals surface area contributed by atoms with Crippen LogP contribution in [0, 0.1) is 6.92 Å². The predicted molar refractivity (Wildman–Crippen MR) is 112 cm³/mol. The summed E-state index contributed by atoms with van der Waals surface area (Å²) in [5, 5.41) is 6.08. The van der Waals surface area contributed by atoms with E-state index in [4.69, 9.17) is 4.74 Å². The van der Waals surface area contributed by atoms with Crippen molar-refractivity contribution < 1.29 is 9.53 Å². The van der Waals surface area contributed by atoms with Crippen molar-refractivity contribution in [2.45, 2.75) is 26.7 Å². The van der Waals surface area contributed by atoms with Crippen molar-refractivity contribution in [3.8, 4) is 5.75 Å². The summed E-state index contributed by atoms with van der Waals surface area (Å²) in [6.07, 6.45) is 1.57. The summed E-state index contributed by atoms with van der Waals surface area (Å²) in [4.78, 5) is 21.3. The largest absolute Gasteiger partial charge is 0.495 e. The smallest absolute Gasteiger partial charge is 0.274 e. The molecule has 0 aliphatic heterocycles. The number of methoxy groups -OCH3 is 1. The Morgan fingerprint density at radius 3 is 2.61 bits per heavy atom. The van der Waals surface area contributed by atoms with Crippen LogP contribution >= 0.6 is 0 Å². The van der Waals surface area contributed by atoms with Crippen LogP contribution in [0.3, 0.4) is 0 Å². The zero-order chi connectivity index (χ0) is 20.1. The Hall–Kier alpha value is -3.41. The third kappa shape index (κ3) is 4.46. The maximum absolute atomic E-state index is 12.7. The van der Waals surface area contributed by atoms with Crippen LogP contribution in [-0.4, -0.2) is 23.0 Å². The molecule has 2 aromatic carbocycles. The normalized spacial score (nSPS) is 10.6. The van der Waals surface area contributed by atoms with Crippen molar-refractivity contribution in [3.05, 3.63) is 71.5 Å². The van der Waals surface area contributed by atoms with Crippen LogP contribution in [0.1, 0.15) is 41.4 Å². The van der Waals surface area contributed by atoms with E-state index in [-0.39, 0.29) is 11.6 Å². The number of hydrogen-bond donors (Lipinski definition) is 2. The lowest BCUT2D eigenvalue weighted by Crippen LogP contribution is -2.15. The Bertz CT molecular complexity index is 986. The van der Waals surface area contributed by atoms with E-state index in [0.29, 0.717) is 23.3 Å². The molecule has 0 saturated carbocycles. The van der Waals surface area contributed by atoms with E-state index < -0.39 is 0 Å². The van der Waals surface area contributed by atoms with E-state index in [9.17, 15) is 4.79 Å². The summed E-state index contributed by atoms with van der Waals surface area (Å²) >= 11 is 0. The predicted octanol–water partition coefficient (Wildman–Crippen LogP) is 4.91. The van der Waals surface area contributed by atoms with E-state index in [0.717, 1.165) is 16.8 Å². The Balaban J connectivity index is 1.82. The molecule has 0 aliphatic rings. The van der Waals surface area contributed by atoms with Crippen LogP contribution in [0.25, 0.3) is 0 Å². The number of anilines is 3. The highest BCUT2D eigenvalue weighted by Crippen LogP contribution is 2.27. The average Bonchev–Trinajstić information content (AvgIpc) is 2.68. The lowest BCUT2D eigenvalue weighted by molar-refractivity contribution is 0.102. The zero-order valence-electron chi connectivity index (χ0n) is 16.5.